The van der Waals surface area contributed by atoms with Crippen molar-refractivity contribution in [3.05, 3.63) is 53.5 Å². The van der Waals surface area contributed by atoms with Crippen LogP contribution in [0.4, 0.5) is 11.6 Å². The van der Waals surface area contributed by atoms with Crippen molar-refractivity contribution in [1.82, 2.24) is 19.9 Å². The number of nitrogens with zero attached hydrogens (tertiary/aromatic N) is 4. The molecule has 0 saturated carbocycles. The number of fused-ring (bicyclic) bond motifs is 2. The van der Waals surface area contributed by atoms with E-state index in [0.29, 0.717) is 18.8 Å². The first-order chi connectivity index (χ1) is 18.4. The summed E-state index contributed by atoms with van der Waals surface area (Å²) in [5, 5.41) is 17.4. The van der Waals surface area contributed by atoms with Crippen molar-refractivity contribution in [2.45, 2.75) is 64.5 Å². The van der Waals surface area contributed by atoms with Gasteiger partial charge in [0, 0.05) is 37.8 Å². The number of carboxylic acid groups (broad SMARTS) is 1. The van der Waals surface area contributed by atoms with Crippen LogP contribution in [0, 0.1) is 6.92 Å². The smallest absolute Gasteiger partial charge is 0.326 e. The van der Waals surface area contributed by atoms with E-state index in [1.165, 1.54) is 11.9 Å². The molecular formula is C29H40N6O3. The molecule has 1 aliphatic heterocycles. The number of methoxy groups -OCH3 is 1. The van der Waals surface area contributed by atoms with Crippen LogP contribution in [0.5, 0.6) is 0 Å². The SMILES string of the molecule is COC(C)CN(CCCCc1ccc2c(n1)NCCC2)CCC(Nc1ncnc2c(C)cccc12)C(=O)O. The molecule has 38 heavy (non-hydrogen) atoms. The molecule has 3 heterocycles. The number of aliphatic carboxylic acids is 1. The maximum atomic E-state index is 12.2. The first-order valence-corrected chi connectivity index (χ1v) is 13.6. The maximum absolute atomic E-state index is 12.2. The highest BCUT2D eigenvalue weighted by molar-refractivity contribution is 5.92. The maximum Gasteiger partial charge on any atom is 0.326 e. The third-order valence-corrected chi connectivity index (χ3v) is 7.24. The van der Waals surface area contributed by atoms with E-state index in [0.717, 1.165) is 79.7 Å². The highest BCUT2D eigenvalue weighted by atomic mass is 16.5. The lowest BCUT2D eigenvalue weighted by Gasteiger charge is -2.27. The Morgan fingerprint density at radius 1 is 1.21 bits per heavy atom. The summed E-state index contributed by atoms with van der Waals surface area (Å²) in [4.78, 5) is 28.0. The van der Waals surface area contributed by atoms with Gasteiger partial charge in [-0.1, -0.05) is 18.2 Å². The van der Waals surface area contributed by atoms with E-state index in [4.69, 9.17) is 9.72 Å². The highest BCUT2D eigenvalue weighted by Crippen LogP contribution is 2.23. The van der Waals surface area contributed by atoms with E-state index in [2.05, 4.69) is 37.6 Å². The van der Waals surface area contributed by atoms with Crippen molar-refractivity contribution < 1.29 is 14.6 Å². The third kappa shape index (κ3) is 7.39. The van der Waals surface area contributed by atoms with Crippen molar-refractivity contribution in [2.24, 2.45) is 0 Å². The van der Waals surface area contributed by atoms with Crippen LogP contribution in [0.2, 0.25) is 0 Å². The van der Waals surface area contributed by atoms with E-state index in [1.54, 1.807) is 7.11 Å². The van der Waals surface area contributed by atoms with E-state index >= 15 is 0 Å². The lowest BCUT2D eigenvalue weighted by atomic mass is 10.1. The normalized spacial score (nSPS) is 14.6. The summed E-state index contributed by atoms with van der Waals surface area (Å²) < 4.78 is 5.51. The molecule has 3 N–H and O–H groups in total. The molecular weight excluding hydrogens is 480 g/mol. The summed E-state index contributed by atoms with van der Waals surface area (Å²) >= 11 is 0. The van der Waals surface area contributed by atoms with Crippen LogP contribution in [0.3, 0.4) is 0 Å². The van der Waals surface area contributed by atoms with Crippen LogP contribution < -0.4 is 10.6 Å². The Morgan fingerprint density at radius 3 is 2.89 bits per heavy atom. The highest BCUT2D eigenvalue weighted by Gasteiger charge is 2.21. The van der Waals surface area contributed by atoms with Gasteiger partial charge in [0.05, 0.1) is 11.6 Å². The Hall–Kier alpha value is -3.30. The van der Waals surface area contributed by atoms with Crippen molar-refractivity contribution in [2.75, 3.05) is 43.9 Å². The summed E-state index contributed by atoms with van der Waals surface area (Å²) in [6.07, 6.45) is 7.22. The second-order valence-electron chi connectivity index (χ2n) is 10.2. The molecule has 0 aliphatic carbocycles. The number of para-hydroxylation sites is 1. The van der Waals surface area contributed by atoms with Gasteiger partial charge in [-0.15, -0.1) is 0 Å². The Labute approximate surface area is 225 Å². The number of unbranched alkanes of at least 4 members (excludes halogenated alkanes) is 1. The average Bonchev–Trinajstić information content (AvgIpc) is 2.93. The first kappa shape index (κ1) is 27.7. The minimum atomic E-state index is -0.892. The average molecular weight is 521 g/mol. The Balaban J connectivity index is 1.33. The predicted octanol–water partition coefficient (Wildman–Crippen LogP) is 4.31. The molecule has 3 aromatic rings. The van der Waals surface area contributed by atoms with Gasteiger partial charge in [-0.05, 0) is 82.2 Å². The predicted molar refractivity (Wildman–Crippen MR) is 151 cm³/mol. The van der Waals surface area contributed by atoms with E-state index in [9.17, 15) is 9.90 Å². The minimum absolute atomic E-state index is 0.0633. The quantitative estimate of drug-likeness (QED) is 0.268. The van der Waals surface area contributed by atoms with Crippen LogP contribution in [0.15, 0.2) is 36.7 Å². The number of benzene rings is 1. The molecule has 4 rings (SSSR count). The van der Waals surface area contributed by atoms with Crippen molar-refractivity contribution in [3.63, 3.8) is 0 Å². The monoisotopic (exact) mass is 520 g/mol. The number of aryl methyl sites for hydroxylation is 3. The topological polar surface area (TPSA) is 113 Å². The Kier molecular flexibility index (Phi) is 9.84. The molecule has 1 aliphatic rings. The zero-order valence-corrected chi connectivity index (χ0v) is 22.7. The molecule has 2 aromatic heterocycles. The van der Waals surface area contributed by atoms with Crippen LogP contribution in [-0.2, 0) is 22.4 Å². The molecule has 9 heteroatoms. The van der Waals surface area contributed by atoms with Gasteiger partial charge in [0.2, 0.25) is 0 Å². The summed E-state index contributed by atoms with van der Waals surface area (Å²) in [7, 11) is 1.71. The van der Waals surface area contributed by atoms with Crippen LogP contribution in [-0.4, -0.2) is 76.4 Å². The zero-order valence-electron chi connectivity index (χ0n) is 22.7. The number of carbonyl (C=O) groups is 1. The van der Waals surface area contributed by atoms with Gasteiger partial charge in [-0.25, -0.2) is 19.7 Å². The number of pyridine rings is 1. The van der Waals surface area contributed by atoms with Crippen molar-refractivity contribution in [3.8, 4) is 0 Å². The molecule has 9 nitrogen and oxygen atoms in total. The van der Waals surface area contributed by atoms with Gasteiger partial charge in [0.1, 0.15) is 24.0 Å². The summed E-state index contributed by atoms with van der Waals surface area (Å²) in [5.41, 5.74) is 4.29. The van der Waals surface area contributed by atoms with Gasteiger partial charge in [-0.3, -0.25) is 0 Å². The summed E-state index contributed by atoms with van der Waals surface area (Å²) in [5.74, 6) is 0.703. The molecule has 2 atom stereocenters. The number of aromatic nitrogens is 3. The number of nitrogens with one attached hydrogen (secondary N) is 2. The summed E-state index contributed by atoms with van der Waals surface area (Å²) in [6.45, 7) is 7.29. The number of ether oxygens (including phenoxy) is 1. The number of carboxylic acids is 1. The fraction of sp³-hybridized carbons (Fsp3) is 0.517. The Morgan fingerprint density at radius 2 is 2.08 bits per heavy atom. The molecule has 0 spiro atoms. The van der Waals surface area contributed by atoms with Crippen LogP contribution >= 0.6 is 0 Å². The molecule has 0 bridgehead atoms. The fourth-order valence-corrected chi connectivity index (χ4v) is 4.97. The zero-order chi connectivity index (χ0) is 26.9. The number of anilines is 2. The van der Waals surface area contributed by atoms with Crippen molar-refractivity contribution in [1.29, 1.82) is 0 Å². The number of hydrogen-bond donors (Lipinski definition) is 3. The molecule has 2 unspecified atom stereocenters. The molecule has 0 fully saturated rings. The standard InChI is InChI=1S/C29H40N6O3/c1-20-8-6-11-24-26(20)31-19-32-28(24)34-25(29(36)37)14-17-35(18-21(2)38-3)16-5-4-10-23-13-12-22-9-7-15-30-27(22)33-23/h6,8,11-13,19,21,25H,4-5,7,9-10,14-18H2,1-3H3,(H,30,33)(H,36,37)(H,31,32,34). The van der Waals surface area contributed by atoms with E-state index in [-0.39, 0.29) is 6.10 Å². The van der Waals surface area contributed by atoms with E-state index in [1.807, 2.05) is 32.0 Å². The fourth-order valence-electron chi connectivity index (χ4n) is 4.97. The van der Waals surface area contributed by atoms with E-state index < -0.39 is 12.0 Å². The van der Waals surface area contributed by atoms with Gasteiger partial charge in [-0.2, -0.15) is 0 Å². The van der Waals surface area contributed by atoms with Gasteiger partial charge < -0.3 is 25.4 Å². The van der Waals surface area contributed by atoms with Gasteiger partial charge in [0.15, 0.2) is 0 Å². The largest absolute Gasteiger partial charge is 0.480 e. The molecule has 0 amide bonds. The summed E-state index contributed by atoms with van der Waals surface area (Å²) in [6, 6.07) is 9.44. The molecule has 0 radical (unpaired) electrons. The lowest BCUT2D eigenvalue weighted by molar-refractivity contribution is -0.138. The van der Waals surface area contributed by atoms with Crippen LogP contribution in [0.1, 0.15) is 49.4 Å². The van der Waals surface area contributed by atoms with Gasteiger partial charge in [0.25, 0.3) is 0 Å². The van der Waals surface area contributed by atoms with Crippen molar-refractivity contribution >= 4 is 28.5 Å². The lowest BCUT2D eigenvalue weighted by Crippen LogP contribution is -2.38. The second kappa shape index (κ2) is 13.5. The molecule has 204 valence electrons. The second-order valence-corrected chi connectivity index (χ2v) is 10.2. The molecule has 0 saturated heterocycles. The Bertz CT molecular complexity index is 1220. The number of rotatable bonds is 14. The first-order valence-electron chi connectivity index (χ1n) is 13.6. The minimum Gasteiger partial charge on any atom is -0.480 e. The van der Waals surface area contributed by atoms with Crippen LogP contribution in [0.25, 0.3) is 10.9 Å². The molecule has 1 aromatic carbocycles. The number of hydrogen-bond acceptors (Lipinski definition) is 8. The van der Waals surface area contributed by atoms with Gasteiger partial charge >= 0.3 is 5.97 Å². The third-order valence-electron chi connectivity index (χ3n) is 7.24.